The molecule has 1 spiro atoms. The summed E-state index contributed by atoms with van der Waals surface area (Å²) in [5.41, 5.74) is 14.3. The maximum Gasteiger partial charge on any atom is 0.0284 e. The minimum atomic E-state index is 0.0356. The second-order valence-electron chi connectivity index (χ2n) is 17.6. The van der Waals surface area contributed by atoms with Gasteiger partial charge in [-0.15, -0.1) is 0 Å². The van der Waals surface area contributed by atoms with Crippen molar-refractivity contribution >= 4 is 43.1 Å². The first-order valence-electron chi connectivity index (χ1n) is 20.9. The molecule has 0 aliphatic heterocycles. The summed E-state index contributed by atoms with van der Waals surface area (Å²) in [5, 5.41) is 10.8. The molecule has 5 aliphatic rings. The van der Waals surface area contributed by atoms with Crippen LogP contribution >= 0.6 is 0 Å². The maximum absolute atomic E-state index is 2.51. The molecule has 5 aliphatic carbocycles. The average molecular weight is 715 g/mol. The Morgan fingerprint density at radius 1 is 0.304 bits per heavy atom. The van der Waals surface area contributed by atoms with Crippen molar-refractivity contribution in [2.45, 2.75) is 37.5 Å². The van der Waals surface area contributed by atoms with Crippen LogP contribution in [0.5, 0.6) is 0 Å². The molecule has 0 aromatic heterocycles. The predicted molar refractivity (Wildman–Crippen MR) is 236 cm³/mol. The molecule has 0 N–H and O–H groups in total. The Balaban J connectivity index is 1.07. The fraction of sp³-hybridized carbons (Fsp3) is 0.179. The molecule has 4 fully saturated rings. The van der Waals surface area contributed by atoms with Crippen LogP contribution in [-0.4, -0.2) is 0 Å². The molecule has 266 valence electrons. The lowest BCUT2D eigenvalue weighted by molar-refractivity contribution is -0.0391. The van der Waals surface area contributed by atoms with Gasteiger partial charge in [-0.1, -0.05) is 170 Å². The van der Waals surface area contributed by atoms with E-state index in [2.05, 4.69) is 170 Å². The highest BCUT2D eigenvalue weighted by Gasteiger charge is 2.62. The molecule has 9 aromatic carbocycles. The van der Waals surface area contributed by atoms with E-state index in [9.17, 15) is 0 Å². The van der Waals surface area contributed by atoms with Crippen molar-refractivity contribution in [2.75, 3.05) is 0 Å². The summed E-state index contributed by atoms with van der Waals surface area (Å²) in [6.45, 7) is 0. The van der Waals surface area contributed by atoms with Gasteiger partial charge in [-0.05, 0) is 155 Å². The number of rotatable bonds is 3. The van der Waals surface area contributed by atoms with E-state index in [1.165, 1.54) is 120 Å². The zero-order valence-electron chi connectivity index (χ0n) is 31.5. The van der Waals surface area contributed by atoms with E-state index in [0.717, 1.165) is 11.8 Å². The zero-order chi connectivity index (χ0) is 36.5. The van der Waals surface area contributed by atoms with Crippen LogP contribution < -0.4 is 0 Å². The Labute approximate surface area is 328 Å². The lowest BCUT2D eigenvalue weighted by Gasteiger charge is -2.61. The highest BCUT2D eigenvalue weighted by atomic mass is 14.7. The molecule has 4 bridgehead atoms. The summed E-state index contributed by atoms with van der Waals surface area (Å²) >= 11 is 0. The number of hydrogen-bond acceptors (Lipinski definition) is 0. The average Bonchev–Trinajstić information content (AvgIpc) is 3.56. The van der Waals surface area contributed by atoms with Crippen LogP contribution in [0.15, 0.2) is 170 Å². The van der Waals surface area contributed by atoms with Crippen molar-refractivity contribution in [1.29, 1.82) is 0 Å². The molecule has 0 saturated heterocycles. The Hall–Kier alpha value is -5.98. The maximum atomic E-state index is 2.51. The van der Waals surface area contributed by atoms with E-state index >= 15 is 0 Å². The van der Waals surface area contributed by atoms with Crippen LogP contribution in [0.2, 0.25) is 0 Å². The van der Waals surface area contributed by atoms with Gasteiger partial charge in [0, 0.05) is 5.41 Å². The molecule has 0 nitrogen and oxygen atoms in total. The fourth-order valence-electron chi connectivity index (χ4n) is 13.3. The van der Waals surface area contributed by atoms with E-state index in [1.807, 2.05) is 0 Å². The van der Waals surface area contributed by atoms with Crippen molar-refractivity contribution in [3.05, 3.63) is 181 Å². The summed E-state index contributed by atoms with van der Waals surface area (Å²) in [4.78, 5) is 0. The second-order valence-corrected chi connectivity index (χ2v) is 17.6. The van der Waals surface area contributed by atoms with E-state index < -0.39 is 0 Å². The standard InChI is InChI=1S/C56H42/c1-3-14-42-36(11-1)13-9-20-43(42)38-23-25-39(26-24-38)52-45-16-5-7-18-47(45)53(48-19-8-6-17-46(48)52)51-22-10-21-49-50-28-27-37-12-2-4-15-44(37)54(50)56(55(49)51)40-30-34-29-35(32-40)33-41(56)31-34/h1-28,34-35,40-41H,29-33H2. The van der Waals surface area contributed by atoms with Crippen molar-refractivity contribution in [3.8, 4) is 44.5 Å². The summed E-state index contributed by atoms with van der Waals surface area (Å²) in [6.07, 6.45) is 6.95. The second kappa shape index (κ2) is 11.5. The van der Waals surface area contributed by atoms with Crippen LogP contribution in [0.25, 0.3) is 87.6 Å². The highest BCUT2D eigenvalue weighted by molar-refractivity contribution is 6.22. The Morgan fingerprint density at radius 2 is 0.768 bits per heavy atom. The SMILES string of the molecule is c1cc2c(c(-c3c4ccccc4c(-c4ccc(-c5cccc6ccccc56)cc4)c4ccccc34)c1)C1(c3c-2ccc2ccccc32)C2CC3CC(C2)CC1C3. The molecule has 9 aromatic rings. The Kier molecular flexibility index (Phi) is 6.43. The van der Waals surface area contributed by atoms with Gasteiger partial charge in [0.15, 0.2) is 0 Å². The van der Waals surface area contributed by atoms with Gasteiger partial charge in [-0.3, -0.25) is 0 Å². The van der Waals surface area contributed by atoms with Crippen LogP contribution in [0.1, 0.15) is 43.2 Å². The third-order valence-corrected chi connectivity index (χ3v) is 15.0. The van der Waals surface area contributed by atoms with Crippen molar-refractivity contribution in [1.82, 2.24) is 0 Å². The summed E-state index contributed by atoms with van der Waals surface area (Å²) in [5.74, 6) is 3.15. The van der Waals surface area contributed by atoms with Gasteiger partial charge in [-0.25, -0.2) is 0 Å². The van der Waals surface area contributed by atoms with Crippen LogP contribution in [0.3, 0.4) is 0 Å². The summed E-state index contributed by atoms with van der Waals surface area (Å²) < 4.78 is 0. The van der Waals surface area contributed by atoms with E-state index in [4.69, 9.17) is 0 Å². The van der Waals surface area contributed by atoms with E-state index in [-0.39, 0.29) is 5.41 Å². The molecule has 0 heterocycles. The predicted octanol–water partition coefficient (Wildman–Crippen LogP) is 15.0. The zero-order valence-corrected chi connectivity index (χ0v) is 31.5. The number of benzene rings is 9. The minimum Gasteiger partial charge on any atom is -0.0616 e. The topological polar surface area (TPSA) is 0 Å². The molecule has 0 amide bonds. The molecule has 0 heteroatoms. The molecule has 14 rings (SSSR count). The van der Waals surface area contributed by atoms with Crippen molar-refractivity contribution < 1.29 is 0 Å². The fourth-order valence-corrected chi connectivity index (χ4v) is 13.3. The molecule has 0 radical (unpaired) electrons. The van der Waals surface area contributed by atoms with Crippen LogP contribution in [0, 0.1) is 23.7 Å². The molecular formula is C56H42. The Morgan fingerprint density at radius 3 is 1.43 bits per heavy atom. The summed E-state index contributed by atoms with van der Waals surface area (Å²) in [7, 11) is 0. The first-order chi connectivity index (χ1) is 27.8. The van der Waals surface area contributed by atoms with Gasteiger partial charge in [0.05, 0.1) is 0 Å². The van der Waals surface area contributed by atoms with Gasteiger partial charge >= 0.3 is 0 Å². The van der Waals surface area contributed by atoms with Crippen LogP contribution in [0.4, 0.5) is 0 Å². The molecular weight excluding hydrogens is 673 g/mol. The molecule has 56 heavy (non-hydrogen) atoms. The third kappa shape index (κ3) is 4.09. The number of hydrogen-bond donors (Lipinski definition) is 0. The first-order valence-corrected chi connectivity index (χ1v) is 20.9. The molecule has 4 saturated carbocycles. The van der Waals surface area contributed by atoms with Crippen molar-refractivity contribution in [3.63, 3.8) is 0 Å². The van der Waals surface area contributed by atoms with E-state index in [0.29, 0.717) is 11.8 Å². The normalized spacial score (nSPS) is 23.1. The minimum absolute atomic E-state index is 0.0356. The largest absolute Gasteiger partial charge is 0.0616 e. The smallest absolute Gasteiger partial charge is 0.0284 e. The third-order valence-electron chi connectivity index (χ3n) is 15.0. The quantitative estimate of drug-likeness (QED) is 0.160. The van der Waals surface area contributed by atoms with E-state index in [1.54, 1.807) is 11.1 Å². The van der Waals surface area contributed by atoms with Gasteiger partial charge in [0.25, 0.3) is 0 Å². The van der Waals surface area contributed by atoms with Gasteiger partial charge in [0.2, 0.25) is 0 Å². The monoisotopic (exact) mass is 714 g/mol. The van der Waals surface area contributed by atoms with Gasteiger partial charge in [-0.2, -0.15) is 0 Å². The number of fused-ring (bicyclic) bond motifs is 8. The molecule has 0 unspecified atom stereocenters. The first kappa shape index (κ1) is 31.2. The summed E-state index contributed by atoms with van der Waals surface area (Å²) in [6, 6.07) is 64.9. The van der Waals surface area contributed by atoms with Gasteiger partial charge in [0.1, 0.15) is 0 Å². The molecule has 0 atom stereocenters. The highest BCUT2D eigenvalue weighted by Crippen LogP contribution is 2.71. The lowest BCUT2D eigenvalue weighted by Crippen LogP contribution is -2.55. The van der Waals surface area contributed by atoms with Crippen LogP contribution in [-0.2, 0) is 5.41 Å². The Bertz CT molecular complexity index is 3000. The van der Waals surface area contributed by atoms with Crippen molar-refractivity contribution in [2.24, 2.45) is 23.7 Å². The lowest BCUT2D eigenvalue weighted by atomic mass is 9.42. The van der Waals surface area contributed by atoms with Gasteiger partial charge < -0.3 is 0 Å².